The fraction of sp³-hybridized carbons (Fsp3) is 0.0833. The van der Waals surface area contributed by atoms with Gasteiger partial charge in [0.15, 0.2) is 0 Å². The molecule has 0 saturated heterocycles. The van der Waals surface area contributed by atoms with Crippen molar-refractivity contribution in [3.63, 3.8) is 0 Å². The van der Waals surface area contributed by atoms with E-state index in [1.165, 1.54) is 0 Å². The summed E-state index contributed by atoms with van der Waals surface area (Å²) in [6, 6.07) is 9.22. The third kappa shape index (κ3) is 2.59. The lowest BCUT2D eigenvalue weighted by molar-refractivity contribution is -0.113. The summed E-state index contributed by atoms with van der Waals surface area (Å²) in [4.78, 5) is 11.0. The molecule has 71 valence electrons. The highest BCUT2D eigenvalue weighted by molar-refractivity contribution is 6.18. The van der Waals surface area contributed by atoms with E-state index in [0.29, 0.717) is 5.57 Å². The van der Waals surface area contributed by atoms with Gasteiger partial charge in [-0.15, -0.1) is 0 Å². The largest absolute Gasteiger partial charge is 0.270 e. The van der Waals surface area contributed by atoms with Crippen LogP contribution in [0.2, 0.25) is 0 Å². The number of nitrogens with one attached hydrogen (secondary N) is 1. The van der Waals surface area contributed by atoms with Crippen molar-refractivity contribution >= 4 is 11.5 Å². The van der Waals surface area contributed by atoms with E-state index < -0.39 is 5.91 Å². The number of hydrogen-bond donors (Lipinski definition) is 0. The van der Waals surface area contributed by atoms with Crippen LogP contribution in [0.1, 0.15) is 12.5 Å². The number of benzene rings is 1. The van der Waals surface area contributed by atoms with E-state index in [2.05, 4.69) is 0 Å². The molecule has 2 nitrogen and oxygen atoms in total. The summed E-state index contributed by atoms with van der Waals surface area (Å²) in [6.07, 6.45) is 5.24. The van der Waals surface area contributed by atoms with Gasteiger partial charge in [0.2, 0.25) is 0 Å². The van der Waals surface area contributed by atoms with E-state index in [1.807, 2.05) is 43.3 Å². The van der Waals surface area contributed by atoms with E-state index in [4.69, 9.17) is 5.73 Å². The molecule has 14 heavy (non-hydrogen) atoms. The van der Waals surface area contributed by atoms with Crippen molar-refractivity contribution < 1.29 is 4.79 Å². The third-order valence-electron chi connectivity index (χ3n) is 1.78. The van der Waals surface area contributed by atoms with Gasteiger partial charge in [0.05, 0.1) is 0 Å². The van der Waals surface area contributed by atoms with Crippen molar-refractivity contribution in [2.45, 2.75) is 6.92 Å². The van der Waals surface area contributed by atoms with Crippen LogP contribution in [0.5, 0.6) is 0 Å². The van der Waals surface area contributed by atoms with Crippen LogP contribution in [0.4, 0.5) is 0 Å². The Morgan fingerprint density at radius 3 is 2.43 bits per heavy atom. The lowest BCUT2D eigenvalue weighted by Gasteiger charge is -2.00. The monoisotopic (exact) mass is 186 g/mol. The zero-order chi connectivity index (χ0) is 10.4. The highest BCUT2D eigenvalue weighted by Gasteiger charge is 2.06. The number of amides is 1. The first-order valence-corrected chi connectivity index (χ1v) is 4.40. The summed E-state index contributed by atoms with van der Waals surface area (Å²) in [7, 11) is 0. The van der Waals surface area contributed by atoms with Gasteiger partial charge in [-0.25, -0.2) is 0 Å². The molecule has 0 unspecified atom stereocenters. The van der Waals surface area contributed by atoms with E-state index in [9.17, 15) is 4.79 Å². The number of rotatable bonds is 3. The first-order chi connectivity index (χ1) is 6.75. The minimum Gasteiger partial charge on any atom is -0.267 e. The SMILES string of the molecule is C/C=C/C=C(/C([NH])=O)c1ccccc1. The second-order valence-corrected chi connectivity index (χ2v) is 2.80. The highest BCUT2D eigenvalue weighted by atomic mass is 16.1. The predicted octanol–water partition coefficient (Wildman–Crippen LogP) is 2.46. The number of hydrogen-bond acceptors (Lipinski definition) is 1. The van der Waals surface area contributed by atoms with Crippen molar-refractivity contribution in [2.24, 2.45) is 0 Å². The molecule has 0 aliphatic carbocycles. The second kappa shape index (κ2) is 5.02. The molecule has 0 saturated carbocycles. The maximum Gasteiger partial charge on any atom is 0.270 e. The Bertz CT molecular complexity index is 363. The van der Waals surface area contributed by atoms with Crippen molar-refractivity contribution in [3.05, 3.63) is 54.1 Å². The van der Waals surface area contributed by atoms with Crippen LogP contribution in [0, 0.1) is 0 Å². The molecule has 2 heteroatoms. The van der Waals surface area contributed by atoms with Gasteiger partial charge in [-0.1, -0.05) is 42.5 Å². The molecule has 0 aromatic heterocycles. The molecule has 0 atom stereocenters. The predicted molar refractivity (Wildman–Crippen MR) is 57.3 cm³/mol. The van der Waals surface area contributed by atoms with Gasteiger partial charge in [0, 0.05) is 5.57 Å². The fourth-order valence-electron chi connectivity index (χ4n) is 1.11. The molecule has 0 spiro atoms. The average Bonchev–Trinajstić information content (AvgIpc) is 2.19. The minimum atomic E-state index is -0.658. The van der Waals surface area contributed by atoms with Gasteiger partial charge in [0.1, 0.15) is 0 Å². The van der Waals surface area contributed by atoms with Crippen LogP contribution in [0.25, 0.3) is 5.57 Å². The van der Waals surface area contributed by atoms with Gasteiger partial charge in [0.25, 0.3) is 5.91 Å². The van der Waals surface area contributed by atoms with Gasteiger partial charge in [-0.3, -0.25) is 10.5 Å². The Kier molecular flexibility index (Phi) is 3.68. The Morgan fingerprint density at radius 1 is 1.29 bits per heavy atom. The molecule has 0 aliphatic rings. The standard InChI is InChI=1S/C12H12NO/c1-2-3-9-11(12(13)14)10-7-5-4-6-8-10/h2-9,13H,1H3/b3-2+,11-9+. The van der Waals surface area contributed by atoms with Crippen molar-refractivity contribution in [3.8, 4) is 0 Å². The zero-order valence-corrected chi connectivity index (χ0v) is 8.03. The zero-order valence-electron chi connectivity index (χ0n) is 8.03. The number of carbonyl (C=O) groups is 1. The van der Waals surface area contributed by atoms with Crippen molar-refractivity contribution in [1.29, 1.82) is 0 Å². The third-order valence-corrected chi connectivity index (χ3v) is 1.78. The first kappa shape index (κ1) is 10.3. The molecule has 1 radical (unpaired) electrons. The normalized spacial score (nSPS) is 11.9. The van der Waals surface area contributed by atoms with Gasteiger partial charge >= 0.3 is 0 Å². The summed E-state index contributed by atoms with van der Waals surface area (Å²) in [5, 5.41) is 0. The Labute approximate surface area is 83.7 Å². The smallest absolute Gasteiger partial charge is 0.267 e. The second-order valence-electron chi connectivity index (χ2n) is 2.80. The topological polar surface area (TPSA) is 40.9 Å². The fourth-order valence-corrected chi connectivity index (χ4v) is 1.11. The van der Waals surface area contributed by atoms with Crippen molar-refractivity contribution in [1.82, 2.24) is 5.73 Å². The van der Waals surface area contributed by atoms with Crippen LogP contribution in [0.15, 0.2) is 48.6 Å². The maximum atomic E-state index is 11.0. The number of allylic oxidation sites excluding steroid dienone is 3. The highest BCUT2D eigenvalue weighted by Crippen LogP contribution is 2.13. The summed E-state index contributed by atoms with van der Waals surface area (Å²) >= 11 is 0. The van der Waals surface area contributed by atoms with E-state index in [-0.39, 0.29) is 0 Å². The van der Waals surface area contributed by atoms with Gasteiger partial charge in [-0.2, -0.15) is 0 Å². The molecule has 1 amide bonds. The quantitative estimate of drug-likeness (QED) is 0.528. The molecule has 1 aromatic carbocycles. The summed E-state index contributed by atoms with van der Waals surface area (Å²) in [6.45, 7) is 1.87. The van der Waals surface area contributed by atoms with Crippen LogP contribution in [-0.2, 0) is 4.79 Å². The van der Waals surface area contributed by atoms with Crippen LogP contribution in [-0.4, -0.2) is 5.91 Å². The van der Waals surface area contributed by atoms with Crippen molar-refractivity contribution in [2.75, 3.05) is 0 Å². The Balaban J connectivity index is 3.07. The molecule has 1 N–H and O–H groups in total. The lowest BCUT2D eigenvalue weighted by atomic mass is 10.1. The van der Waals surface area contributed by atoms with E-state index in [1.54, 1.807) is 12.2 Å². The Hall–Kier alpha value is -1.83. The summed E-state index contributed by atoms with van der Waals surface area (Å²) < 4.78 is 0. The molecule has 1 rings (SSSR count). The Morgan fingerprint density at radius 2 is 1.93 bits per heavy atom. The van der Waals surface area contributed by atoms with Crippen LogP contribution < -0.4 is 5.73 Å². The molecular weight excluding hydrogens is 174 g/mol. The average molecular weight is 186 g/mol. The first-order valence-electron chi connectivity index (χ1n) is 4.40. The van der Waals surface area contributed by atoms with Crippen LogP contribution in [0.3, 0.4) is 0 Å². The molecular formula is C12H12NO. The summed E-state index contributed by atoms with van der Waals surface area (Å²) in [5.41, 5.74) is 8.31. The van der Waals surface area contributed by atoms with Gasteiger partial charge < -0.3 is 0 Å². The van der Waals surface area contributed by atoms with E-state index in [0.717, 1.165) is 5.56 Å². The molecule has 0 aliphatic heterocycles. The minimum absolute atomic E-state index is 0.420. The maximum absolute atomic E-state index is 11.0. The van der Waals surface area contributed by atoms with E-state index >= 15 is 0 Å². The van der Waals surface area contributed by atoms with Gasteiger partial charge in [-0.05, 0) is 18.6 Å². The number of carbonyl (C=O) groups excluding carboxylic acids is 1. The molecule has 1 aromatic rings. The molecule has 0 heterocycles. The molecule has 0 fully saturated rings. The summed E-state index contributed by atoms with van der Waals surface area (Å²) in [5.74, 6) is -0.658. The van der Waals surface area contributed by atoms with Crippen LogP contribution >= 0.6 is 0 Å². The molecule has 0 bridgehead atoms. The lowest BCUT2D eigenvalue weighted by Crippen LogP contribution is -2.01.